The first-order valence-electron chi connectivity index (χ1n) is 10.4. The molecule has 2 heterocycles. The van der Waals surface area contributed by atoms with E-state index in [-0.39, 0.29) is 24.0 Å². The number of rotatable bonds is 8. The highest BCUT2D eigenvalue weighted by Crippen LogP contribution is 2.14. The number of nitrogens with zero attached hydrogens (tertiary/aromatic N) is 2. The zero-order chi connectivity index (χ0) is 19.4. The van der Waals surface area contributed by atoms with Crippen LogP contribution in [0, 0.1) is 0 Å². The van der Waals surface area contributed by atoms with Crippen LogP contribution in [0.2, 0.25) is 0 Å². The first-order chi connectivity index (χ1) is 13.8. The maximum atomic E-state index is 6.03. The van der Waals surface area contributed by atoms with Gasteiger partial charge in [-0.15, -0.1) is 24.0 Å². The van der Waals surface area contributed by atoms with Crippen LogP contribution >= 0.6 is 24.0 Å². The Morgan fingerprint density at radius 3 is 2.59 bits per heavy atom. The van der Waals surface area contributed by atoms with Gasteiger partial charge in [0, 0.05) is 53.0 Å². The standard InChI is InChI=1S/C21H34N4O3.HI/c1-22-21(23-7-8-25-9-13-27-14-10-25)24-16-18-3-2-4-19(15-18)17-28-20-5-11-26-12-6-20;/h2-4,15,20H,5-14,16-17H2,1H3,(H2,22,23,24);1H. The van der Waals surface area contributed by atoms with Crippen LogP contribution in [-0.4, -0.2) is 76.6 Å². The SMILES string of the molecule is CN=C(NCCN1CCOCC1)NCc1cccc(COC2CCOCC2)c1.I. The molecule has 7 nitrogen and oxygen atoms in total. The van der Waals surface area contributed by atoms with E-state index in [4.69, 9.17) is 14.2 Å². The number of hydrogen-bond acceptors (Lipinski definition) is 5. The van der Waals surface area contributed by atoms with Crippen LogP contribution in [0.4, 0.5) is 0 Å². The second-order valence-corrected chi connectivity index (χ2v) is 7.25. The third kappa shape index (κ3) is 9.17. The summed E-state index contributed by atoms with van der Waals surface area (Å²) in [5.74, 6) is 0.831. The molecule has 2 fully saturated rings. The zero-order valence-corrected chi connectivity index (χ0v) is 19.7. The van der Waals surface area contributed by atoms with Crippen LogP contribution < -0.4 is 10.6 Å². The Balaban J connectivity index is 0.00000300. The first kappa shape index (κ1) is 24.3. The maximum Gasteiger partial charge on any atom is 0.191 e. The molecule has 0 saturated carbocycles. The van der Waals surface area contributed by atoms with Crippen molar-refractivity contribution in [2.45, 2.75) is 32.1 Å². The van der Waals surface area contributed by atoms with Crippen molar-refractivity contribution in [1.29, 1.82) is 0 Å². The van der Waals surface area contributed by atoms with Crippen molar-refractivity contribution < 1.29 is 14.2 Å². The van der Waals surface area contributed by atoms with Crippen molar-refractivity contribution in [2.75, 3.05) is 59.7 Å². The third-order valence-corrected chi connectivity index (χ3v) is 5.15. The van der Waals surface area contributed by atoms with Gasteiger partial charge in [0.15, 0.2) is 5.96 Å². The van der Waals surface area contributed by atoms with Gasteiger partial charge in [-0.25, -0.2) is 0 Å². The van der Waals surface area contributed by atoms with E-state index in [2.05, 4.69) is 44.8 Å². The molecule has 0 aliphatic carbocycles. The molecule has 3 rings (SSSR count). The van der Waals surface area contributed by atoms with Gasteiger partial charge >= 0.3 is 0 Å². The fourth-order valence-electron chi connectivity index (χ4n) is 3.45. The largest absolute Gasteiger partial charge is 0.381 e. The van der Waals surface area contributed by atoms with E-state index < -0.39 is 0 Å². The lowest BCUT2D eigenvalue weighted by atomic mass is 10.1. The van der Waals surface area contributed by atoms with Gasteiger partial charge in [0.1, 0.15) is 0 Å². The number of halogens is 1. The van der Waals surface area contributed by atoms with Gasteiger partial charge in [-0.1, -0.05) is 24.3 Å². The third-order valence-electron chi connectivity index (χ3n) is 5.15. The summed E-state index contributed by atoms with van der Waals surface area (Å²) in [5, 5.41) is 6.78. The monoisotopic (exact) mass is 518 g/mol. The van der Waals surface area contributed by atoms with Crippen molar-refractivity contribution >= 4 is 29.9 Å². The van der Waals surface area contributed by atoms with Crippen molar-refractivity contribution in [3.05, 3.63) is 35.4 Å². The molecule has 8 heteroatoms. The number of ether oxygens (including phenoxy) is 3. The molecule has 0 aromatic heterocycles. The van der Waals surface area contributed by atoms with Gasteiger partial charge in [-0.3, -0.25) is 9.89 Å². The van der Waals surface area contributed by atoms with Crippen LogP contribution in [0.3, 0.4) is 0 Å². The van der Waals surface area contributed by atoms with Crippen molar-refractivity contribution in [3.63, 3.8) is 0 Å². The van der Waals surface area contributed by atoms with E-state index in [1.165, 1.54) is 11.1 Å². The minimum atomic E-state index is 0. The summed E-state index contributed by atoms with van der Waals surface area (Å²) in [6.45, 7) is 8.59. The number of aliphatic imine (C=N–C) groups is 1. The van der Waals surface area contributed by atoms with Crippen LogP contribution in [0.15, 0.2) is 29.3 Å². The summed E-state index contributed by atoms with van der Waals surface area (Å²) in [4.78, 5) is 6.73. The molecule has 0 atom stereocenters. The second kappa shape index (κ2) is 14.1. The molecule has 0 bridgehead atoms. The molecular formula is C21H35IN4O3. The van der Waals surface area contributed by atoms with Crippen LogP contribution in [0.5, 0.6) is 0 Å². The molecule has 164 valence electrons. The first-order valence-corrected chi connectivity index (χ1v) is 10.4. The summed E-state index contributed by atoms with van der Waals surface area (Å²) in [6, 6.07) is 8.55. The summed E-state index contributed by atoms with van der Waals surface area (Å²) in [5.41, 5.74) is 2.44. The Morgan fingerprint density at radius 2 is 1.83 bits per heavy atom. The summed E-state index contributed by atoms with van der Waals surface area (Å²) >= 11 is 0. The molecule has 0 amide bonds. The van der Waals surface area contributed by atoms with E-state index in [1.54, 1.807) is 0 Å². The Hall–Kier alpha value is -0.940. The molecule has 29 heavy (non-hydrogen) atoms. The molecule has 2 saturated heterocycles. The molecule has 2 N–H and O–H groups in total. The van der Waals surface area contributed by atoms with Gasteiger partial charge in [0.25, 0.3) is 0 Å². The fourth-order valence-corrected chi connectivity index (χ4v) is 3.45. The highest BCUT2D eigenvalue weighted by Gasteiger charge is 2.14. The van der Waals surface area contributed by atoms with E-state index in [9.17, 15) is 0 Å². The van der Waals surface area contributed by atoms with Crippen molar-refractivity contribution in [3.8, 4) is 0 Å². The highest BCUT2D eigenvalue weighted by atomic mass is 127. The average Bonchev–Trinajstić information content (AvgIpc) is 2.76. The maximum absolute atomic E-state index is 6.03. The lowest BCUT2D eigenvalue weighted by Gasteiger charge is -2.26. The van der Waals surface area contributed by atoms with Gasteiger partial charge in [0.2, 0.25) is 0 Å². The molecule has 0 unspecified atom stereocenters. The number of benzene rings is 1. The van der Waals surface area contributed by atoms with Crippen molar-refractivity contribution in [1.82, 2.24) is 15.5 Å². The average molecular weight is 518 g/mol. The minimum Gasteiger partial charge on any atom is -0.381 e. The Bertz CT molecular complexity index is 605. The summed E-state index contributed by atoms with van der Waals surface area (Å²) in [6.07, 6.45) is 2.31. The Kier molecular flexibility index (Phi) is 11.9. The van der Waals surface area contributed by atoms with Gasteiger partial charge in [0.05, 0.1) is 25.9 Å². The van der Waals surface area contributed by atoms with Crippen molar-refractivity contribution in [2.24, 2.45) is 4.99 Å². The number of morpholine rings is 1. The predicted octanol–water partition coefficient (Wildman–Crippen LogP) is 2.00. The molecule has 1 aromatic rings. The summed E-state index contributed by atoms with van der Waals surface area (Å²) in [7, 11) is 1.81. The summed E-state index contributed by atoms with van der Waals surface area (Å²) < 4.78 is 16.8. The Morgan fingerprint density at radius 1 is 1.10 bits per heavy atom. The number of guanidine groups is 1. The van der Waals surface area contributed by atoms with Crippen LogP contribution in [0.25, 0.3) is 0 Å². The topological polar surface area (TPSA) is 67.4 Å². The normalized spacial score (nSPS) is 18.9. The zero-order valence-electron chi connectivity index (χ0n) is 17.4. The minimum absolute atomic E-state index is 0. The van der Waals surface area contributed by atoms with Gasteiger partial charge in [-0.2, -0.15) is 0 Å². The quantitative estimate of drug-likeness (QED) is 0.312. The predicted molar refractivity (Wildman–Crippen MR) is 126 cm³/mol. The molecule has 1 aromatic carbocycles. The molecule has 0 spiro atoms. The molecular weight excluding hydrogens is 483 g/mol. The van der Waals surface area contributed by atoms with Gasteiger partial charge in [-0.05, 0) is 24.0 Å². The molecule has 2 aliphatic heterocycles. The Labute approximate surface area is 191 Å². The highest BCUT2D eigenvalue weighted by molar-refractivity contribution is 14.0. The van der Waals surface area contributed by atoms with Crippen LogP contribution in [0.1, 0.15) is 24.0 Å². The van der Waals surface area contributed by atoms with E-state index in [1.807, 2.05) is 7.05 Å². The van der Waals surface area contributed by atoms with Gasteiger partial charge < -0.3 is 24.8 Å². The van der Waals surface area contributed by atoms with E-state index >= 15 is 0 Å². The van der Waals surface area contributed by atoms with Crippen LogP contribution in [-0.2, 0) is 27.4 Å². The lowest BCUT2D eigenvalue weighted by Crippen LogP contribution is -2.44. The smallest absolute Gasteiger partial charge is 0.191 e. The lowest BCUT2D eigenvalue weighted by molar-refractivity contribution is -0.0390. The van der Waals surface area contributed by atoms with E-state index in [0.717, 1.165) is 78.0 Å². The van der Waals surface area contributed by atoms with E-state index in [0.29, 0.717) is 12.7 Å². The molecule has 0 radical (unpaired) electrons. The number of nitrogens with one attached hydrogen (secondary N) is 2. The fraction of sp³-hybridized carbons (Fsp3) is 0.667. The molecule has 2 aliphatic rings. The second-order valence-electron chi connectivity index (χ2n) is 7.25. The number of hydrogen-bond donors (Lipinski definition) is 2.